The Kier molecular flexibility index (Phi) is 3.83. The lowest BCUT2D eigenvalue weighted by Gasteiger charge is -2.29. The van der Waals surface area contributed by atoms with Crippen LogP contribution in [0.4, 0.5) is 0 Å². The number of nitrogens with one attached hydrogen (secondary N) is 1. The zero-order chi connectivity index (χ0) is 8.10. The second-order valence-corrected chi connectivity index (χ2v) is 3.09. The molecule has 1 saturated heterocycles. The van der Waals surface area contributed by atoms with E-state index in [-0.39, 0.29) is 0 Å². The van der Waals surface area contributed by atoms with Crippen LogP contribution in [0.1, 0.15) is 32.6 Å². The smallest absolute Gasteiger partial charge is 0.0741 e. The van der Waals surface area contributed by atoms with Crippen LogP contribution in [-0.2, 0) is 4.74 Å². The number of rotatable bonds is 3. The molecular formula is C8H18N2O. The third-order valence-electron chi connectivity index (χ3n) is 2.32. The molecule has 66 valence electrons. The molecule has 3 N–H and O–H groups in total. The van der Waals surface area contributed by atoms with Crippen molar-refractivity contribution in [2.75, 3.05) is 6.61 Å². The first-order chi connectivity index (χ1) is 5.38. The SMILES string of the molecule is CCC(NN)C1CCCCO1. The second-order valence-electron chi connectivity index (χ2n) is 3.09. The van der Waals surface area contributed by atoms with Crippen LogP contribution in [0.15, 0.2) is 0 Å². The van der Waals surface area contributed by atoms with E-state index in [1.165, 1.54) is 12.8 Å². The normalized spacial score (nSPS) is 28.4. The molecule has 0 aromatic rings. The molecule has 0 aliphatic carbocycles. The van der Waals surface area contributed by atoms with E-state index in [4.69, 9.17) is 10.6 Å². The molecule has 0 radical (unpaired) electrons. The molecule has 1 fully saturated rings. The van der Waals surface area contributed by atoms with Gasteiger partial charge in [0.15, 0.2) is 0 Å². The number of hydrazine groups is 1. The predicted molar refractivity (Wildman–Crippen MR) is 45.0 cm³/mol. The molecule has 1 rings (SSSR count). The summed E-state index contributed by atoms with van der Waals surface area (Å²) in [5.74, 6) is 5.38. The van der Waals surface area contributed by atoms with Gasteiger partial charge in [-0.3, -0.25) is 11.3 Å². The first-order valence-electron chi connectivity index (χ1n) is 4.46. The van der Waals surface area contributed by atoms with Gasteiger partial charge in [-0.25, -0.2) is 0 Å². The fourth-order valence-electron chi connectivity index (χ4n) is 1.57. The zero-order valence-corrected chi connectivity index (χ0v) is 7.18. The molecule has 0 aromatic carbocycles. The van der Waals surface area contributed by atoms with Gasteiger partial charge in [-0.15, -0.1) is 0 Å². The highest BCUT2D eigenvalue weighted by Gasteiger charge is 2.21. The Morgan fingerprint density at radius 1 is 1.64 bits per heavy atom. The molecule has 0 aromatic heterocycles. The van der Waals surface area contributed by atoms with Crippen LogP contribution in [0.3, 0.4) is 0 Å². The minimum Gasteiger partial charge on any atom is -0.377 e. The average molecular weight is 158 g/mol. The fraction of sp³-hybridized carbons (Fsp3) is 1.00. The Hall–Kier alpha value is -0.120. The Balaban J connectivity index is 2.30. The van der Waals surface area contributed by atoms with Crippen LogP contribution < -0.4 is 11.3 Å². The fourth-order valence-corrected chi connectivity index (χ4v) is 1.57. The van der Waals surface area contributed by atoms with E-state index in [1.54, 1.807) is 0 Å². The molecule has 0 amide bonds. The Morgan fingerprint density at radius 3 is 2.91 bits per heavy atom. The van der Waals surface area contributed by atoms with Crippen molar-refractivity contribution in [3.8, 4) is 0 Å². The quantitative estimate of drug-likeness (QED) is 0.471. The minimum atomic E-state index is 0.343. The molecule has 0 bridgehead atoms. The van der Waals surface area contributed by atoms with E-state index in [2.05, 4.69) is 12.3 Å². The van der Waals surface area contributed by atoms with Crippen LogP contribution in [0.5, 0.6) is 0 Å². The lowest BCUT2D eigenvalue weighted by Crippen LogP contribution is -2.45. The minimum absolute atomic E-state index is 0.343. The highest BCUT2D eigenvalue weighted by atomic mass is 16.5. The van der Waals surface area contributed by atoms with Gasteiger partial charge in [-0.1, -0.05) is 6.92 Å². The maximum atomic E-state index is 5.58. The molecule has 1 heterocycles. The number of hydrogen-bond donors (Lipinski definition) is 2. The lowest BCUT2D eigenvalue weighted by atomic mass is 10.0. The molecule has 3 nitrogen and oxygen atoms in total. The third-order valence-corrected chi connectivity index (χ3v) is 2.32. The van der Waals surface area contributed by atoms with Gasteiger partial charge >= 0.3 is 0 Å². The first-order valence-corrected chi connectivity index (χ1v) is 4.46. The summed E-state index contributed by atoms with van der Waals surface area (Å²) < 4.78 is 5.58. The first kappa shape index (κ1) is 8.97. The number of ether oxygens (including phenoxy) is 1. The topological polar surface area (TPSA) is 47.3 Å². The molecular weight excluding hydrogens is 140 g/mol. The number of hydrogen-bond acceptors (Lipinski definition) is 3. The van der Waals surface area contributed by atoms with Gasteiger partial charge < -0.3 is 4.74 Å². The highest BCUT2D eigenvalue weighted by Crippen LogP contribution is 2.16. The van der Waals surface area contributed by atoms with Crippen molar-refractivity contribution in [1.29, 1.82) is 0 Å². The summed E-state index contributed by atoms with van der Waals surface area (Å²) in [5.41, 5.74) is 2.80. The summed E-state index contributed by atoms with van der Waals surface area (Å²) in [5, 5.41) is 0. The van der Waals surface area contributed by atoms with E-state index in [9.17, 15) is 0 Å². The Bertz CT molecular complexity index is 98.3. The Morgan fingerprint density at radius 2 is 2.45 bits per heavy atom. The van der Waals surface area contributed by atoms with Crippen LogP contribution in [0.2, 0.25) is 0 Å². The van der Waals surface area contributed by atoms with Crippen molar-refractivity contribution >= 4 is 0 Å². The molecule has 0 spiro atoms. The highest BCUT2D eigenvalue weighted by molar-refractivity contribution is 4.75. The van der Waals surface area contributed by atoms with E-state index < -0.39 is 0 Å². The summed E-state index contributed by atoms with van der Waals surface area (Å²) in [6.45, 7) is 3.03. The van der Waals surface area contributed by atoms with Crippen molar-refractivity contribution < 1.29 is 4.74 Å². The van der Waals surface area contributed by atoms with Crippen molar-refractivity contribution in [2.45, 2.75) is 44.8 Å². The molecule has 2 atom stereocenters. The lowest BCUT2D eigenvalue weighted by molar-refractivity contribution is -0.00827. The van der Waals surface area contributed by atoms with Crippen molar-refractivity contribution in [1.82, 2.24) is 5.43 Å². The summed E-state index contributed by atoms with van der Waals surface area (Å²) in [6.07, 6.45) is 5.03. The van der Waals surface area contributed by atoms with Crippen LogP contribution >= 0.6 is 0 Å². The largest absolute Gasteiger partial charge is 0.377 e. The molecule has 3 heteroatoms. The second kappa shape index (κ2) is 4.70. The molecule has 1 aliphatic rings. The van der Waals surface area contributed by atoms with Gasteiger partial charge in [0.2, 0.25) is 0 Å². The van der Waals surface area contributed by atoms with Crippen LogP contribution in [0.25, 0.3) is 0 Å². The summed E-state index contributed by atoms with van der Waals surface area (Å²) in [4.78, 5) is 0. The van der Waals surface area contributed by atoms with Crippen molar-refractivity contribution in [3.63, 3.8) is 0 Å². The summed E-state index contributed by atoms with van der Waals surface area (Å²) in [7, 11) is 0. The van der Waals surface area contributed by atoms with Gasteiger partial charge in [-0.05, 0) is 25.7 Å². The van der Waals surface area contributed by atoms with E-state index in [1.807, 2.05) is 0 Å². The van der Waals surface area contributed by atoms with Crippen molar-refractivity contribution in [3.05, 3.63) is 0 Å². The van der Waals surface area contributed by atoms with Gasteiger partial charge in [0.05, 0.1) is 6.10 Å². The average Bonchev–Trinajstić information content (AvgIpc) is 2.09. The maximum absolute atomic E-state index is 5.58. The molecule has 1 aliphatic heterocycles. The standard InChI is InChI=1S/C8H18N2O/c1-2-7(10-9)8-5-3-4-6-11-8/h7-8,10H,2-6,9H2,1H3. The van der Waals surface area contributed by atoms with Crippen molar-refractivity contribution in [2.24, 2.45) is 5.84 Å². The molecule has 0 saturated carbocycles. The molecule has 2 unspecified atom stereocenters. The van der Waals surface area contributed by atoms with Gasteiger partial charge in [0.1, 0.15) is 0 Å². The van der Waals surface area contributed by atoms with Gasteiger partial charge in [0, 0.05) is 12.6 Å². The van der Waals surface area contributed by atoms with Gasteiger partial charge in [-0.2, -0.15) is 0 Å². The summed E-state index contributed by atoms with van der Waals surface area (Å²) in [6, 6.07) is 0.343. The number of nitrogens with two attached hydrogens (primary N) is 1. The van der Waals surface area contributed by atoms with Crippen LogP contribution in [0, 0.1) is 0 Å². The zero-order valence-electron chi connectivity index (χ0n) is 7.18. The van der Waals surface area contributed by atoms with E-state index >= 15 is 0 Å². The van der Waals surface area contributed by atoms with Crippen LogP contribution in [-0.4, -0.2) is 18.8 Å². The van der Waals surface area contributed by atoms with E-state index in [0.717, 1.165) is 19.4 Å². The predicted octanol–water partition coefficient (Wildman–Crippen LogP) is 0.797. The maximum Gasteiger partial charge on any atom is 0.0741 e. The third kappa shape index (κ3) is 2.43. The Labute approximate surface area is 68.3 Å². The van der Waals surface area contributed by atoms with E-state index in [0.29, 0.717) is 12.1 Å². The monoisotopic (exact) mass is 158 g/mol. The van der Waals surface area contributed by atoms with Gasteiger partial charge in [0.25, 0.3) is 0 Å². The molecule has 11 heavy (non-hydrogen) atoms. The summed E-state index contributed by atoms with van der Waals surface area (Å²) >= 11 is 0.